The summed E-state index contributed by atoms with van der Waals surface area (Å²) in [6, 6.07) is 9.68. The monoisotopic (exact) mass is 551 g/mol. The van der Waals surface area contributed by atoms with E-state index in [9.17, 15) is 12.8 Å². The standard InChI is InChI=1S/C23H27BrFN5O3S/c1-15(2)27-9-8-26-13-16-4-5-19(20(25)10-16)21-12-18(6-7-28-21)30-34(31,32)22-11-17(24)14-29-23(22)33-3/h4-7,10-12,14-15,26-27H,8-9,13H2,1-3H3,(H,28,30). The molecule has 3 rings (SSSR count). The van der Waals surface area contributed by atoms with Crippen LogP contribution in [0.2, 0.25) is 0 Å². The summed E-state index contributed by atoms with van der Waals surface area (Å²) < 4.78 is 48.7. The predicted octanol–water partition coefficient (Wildman–Crippen LogP) is 3.94. The summed E-state index contributed by atoms with van der Waals surface area (Å²) in [5.74, 6) is -0.481. The van der Waals surface area contributed by atoms with Crippen LogP contribution in [0, 0.1) is 5.82 Å². The lowest BCUT2D eigenvalue weighted by Gasteiger charge is -2.12. The first-order valence-electron chi connectivity index (χ1n) is 10.6. The van der Waals surface area contributed by atoms with Gasteiger partial charge in [0.2, 0.25) is 5.88 Å². The maximum atomic E-state index is 14.8. The van der Waals surface area contributed by atoms with Crippen LogP contribution in [0.15, 0.2) is 58.2 Å². The third kappa shape index (κ3) is 6.95. The molecule has 0 saturated carbocycles. The van der Waals surface area contributed by atoms with Crippen LogP contribution in [-0.4, -0.2) is 44.6 Å². The number of pyridine rings is 2. The van der Waals surface area contributed by atoms with E-state index in [0.29, 0.717) is 22.8 Å². The summed E-state index contributed by atoms with van der Waals surface area (Å²) >= 11 is 3.22. The van der Waals surface area contributed by atoms with Crippen molar-refractivity contribution in [2.75, 3.05) is 24.9 Å². The lowest BCUT2D eigenvalue weighted by molar-refractivity contribution is 0.385. The molecule has 0 fully saturated rings. The molecule has 1 aromatic carbocycles. The Hall–Kier alpha value is -2.60. The minimum atomic E-state index is -4.02. The van der Waals surface area contributed by atoms with E-state index in [-0.39, 0.29) is 22.0 Å². The molecule has 0 aliphatic carbocycles. The molecule has 2 heterocycles. The fourth-order valence-corrected chi connectivity index (χ4v) is 4.84. The molecule has 0 aliphatic heterocycles. The van der Waals surface area contributed by atoms with Crippen LogP contribution in [0.3, 0.4) is 0 Å². The van der Waals surface area contributed by atoms with Crippen LogP contribution in [0.5, 0.6) is 5.88 Å². The van der Waals surface area contributed by atoms with Crippen molar-refractivity contribution in [1.29, 1.82) is 0 Å². The number of hydrogen-bond acceptors (Lipinski definition) is 7. The molecule has 0 saturated heterocycles. The molecule has 0 spiro atoms. The van der Waals surface area contributed by atoms with E-state index in [4.69, 9.17) is 4.74 Å². The summed E-state index contributed by atoms with van der Waals surface area (Å²) in [6.45, 7) is 6.29. The van der Waals surface area contributed by atoms with Gasteiger partial charge < -0.3 is 15.4 Å². The molecule has 0 bridgehead atoms. The molecular weight excluding hydrogens is 525 g/mol. The molecule has 182 valence electrons. The Balaban J connectivity index is 1.75. The predicted molar refractivity (Wildman–Crippen MR) is 134 cm³/mol. The van der Waals surface area contributed by atoms with E-state index in [1.165, 1.54) is 43.8 Å². The number of methoxy groups -OCH3 is 1. The van der Waals surface area contributed by atoms with Crippen molar-refractivity contribution in [2.24, 2.45) is 0 Å². The van der Waals surface area contributed by atoms with E-state index >= 15 is 0 Å². The van der Waals surface area contributed by atoms with Crippen molar-refractivity contribution in [2.45, 2.75) is 31.3 Å². The van der Waals surface area contributed by atoms with Crippen LogP contribution in [0.1, 0.15) is 19.4 Å². The number of halogens is 2. The lowest BCUT2D eigenvalue weighted by Crippen LogP contribution is -2.31. The average molecular weight is 552 g/mol. The Morgan fingerprint density at radius 2 is 1.91 bits per heavy atom. The summed E-state index contributed by atoms with van der Waals surface area (Å²) in [4.78, 5) is 8.05. The van der Waals surface area contributed by atoms with Gasteiger partial charge >= 0.3 is 0 Å². The molecule has 3 N–H and O–H groups in total. The number of nitrogens with zero attached hydrogens (tertiary/aromatic N) is 2. The fourth-order valence-electron chi connectivity index (χ4n) is 3.16. The zero-order valence-corrected chi connectivity index (χ0v) is 21.5. The first kappa shape index (κ1) is 26.0. The van der Waals surface area contributed by atoms with E-state index in [1.807, 2.05) is 6.07 Å². The topological polar surface area (TPSA) is 105 Å². The zero-order chi connectivity index (χ0) is 24.7. The largest absolute Gasteiger partial charge is 0.480 e. The Bertz CT molecular complexity index is 1240. The van der Waals surface area contributed by atoms with Gasteiger partial charge in [-0.3, -0.25) is 9.71 Å². The molecule has 8 nitrogen and oxygen atoms in total. The van der Waals surface area contributed by atoms with Crippen molar-refractivity contribution in [1.82, 2.24) is 20.6 Å². The van der Waals surface area contributed by atoms with Crippen molar-refractivity contribution in [3.05, 3.63) is 64.6 Å². The van der Waals surface area contributed by atoms with Crippen LogP contribution >= 0.6 is 15.9 Å². The number of sulfonamides is 1. The number of anilines is 1. The van der Waals surface area contributed by atoms with Crippen molar-refractivity contribution in [3.63, 3.8) is 0 Å². The van der Waals surface area contributed by atoms with E-state index in [0.717, 1.165) is 18.7 Å². The first-order valence-corrected chi connectivity index (χ1v) is 12.9. The summed E-state index contributed by atoms with van der Waals surface area (Å²) in [5, 5.41) is 6.58. The van der Waals surface area contributed by atoms with Gasteiger partial charge in [0.1, 0.15) is 5.82 Å². The molecule has 11 heteroatoms. The molecule has 2 aromatic heterocycles. The quantitative estimate of drug-likeness (QED) is 0.310. The number of hydrogen-bond donors (Lipinski definition) is 3. The van der Waals surface area contributed by atoms with Gasteiger partial charge in [-0.1, -0.05) is 19.9 Å². The number of aromatic nitrogens is 2. The van der Waals surface area contributed by atoms with Gasteiger partial charge in [0.05, 0.1) is 18.5 Å². The van der Waals surface area contributed by atoms with Crippen molar-refractivity contribution < 1.29 is 17.5 Å². The molecular formula is C23H27BrFN5O3S. The molecule has 0 amide bonds. The molecule has 34 heavy (non-hydrogen) atoms. The Labute approximate surface area is 207 Å². The highest BCUT2D eigenvalue weighted by Crippen LogP contribution is 2.28. The first-order chi connectivity index (χ1) is 16.2. The third-order valence-corrected chi connectivity index (χ3v) is 6.58. The second-order valence-corrected chi connectivity index (χ2v) is 10.4. The summed E-state index contributed by atoms with van der Waals surface area (Å²) in [7, 11) is -2.68. The normalized spacial score (nSPS) is 11.6. The highest BCUT2D eigenvalue weighted by Gasteiger charge is 2.22. The number of benzene rings is 1. The smallest absolute Gasteiger partial charge is 0.267 e. The fraction of sp³-hybridized carbons (Fsp3) is 0.304. The lowest BCUT2D eigenvalue weighted by atomic mass is 10.1. The van der Waals surface area contributed by atoms with Crippen LogP contribution in [0.25, 0.3) is 11.3 Å². The third-order valence-electron chi connectivity index (χ3n) is 4.77. The minimum absolute atomic E-state index is 0.0415. The molecule has 0 unspecified atom stereocenters. The zero-order valence-electron chi connectivity index (χ0n) is 19.1. The van der Waals surface area contributed by atoms with Gasteiger partial charge in [-0.05, 0) is 51.8 Å². The molecule has 0 radical (unpaired) electrons. The van der Waals surface area contributed by atoms with Gasteiger partial charge in [0.25, 0.3) is 10.0 Å². The highest BCUT2D eigenvalue weighted by molar-refractivity contribution is 9.10. The second-order valence-electron chi connectivity index (χ2n) is 7.80. The summed E-state index contributed by atoms with van der Waals surface area (Å²) in [5.41, 5.74) is 1.61. The molecule has 0 atom stereocenters. The van der Waals surface area contributed by atoms with Gasteiger partial charge in [-0.25, -0.2) is 17.8 Å². The summed E-state index contributed by atoms with van der Waals surface area (Å²) in [6.07, 6.45) is 2.85. The second kappa shape index (κ2) is 11.7. The van der Waals surface area contributed by atoms with Crippen molar-refractivity contribution >= 4 is 31.6 Å². The number of rotatable bonds is 11. The van der Waals surface area contributed by atoms with Crippen molar-refractivity contribution in [3.8, 4) is 17.1 Å². The Kier molecular flexibility index (Phi) is 8.95. The van der Waals surface area contributed by atoms with Gasteiger partial charge in [-0.2, -0.15) is 0 Å². The van der Waals surface area contributed by atoms with E-state index < -0.39 is 15.8 Å². The number of ether oxygens (including phenoxy) is 1. The maximum absolute atomic E-state index is 14.8. The van der Waals surface area contributed by atoms with Crippen LogP contribution < -0.4 is 20.1 Å². The van der Waals surface area contributed by atoms with Gasteiger partial charge in [0, 0.05) is 48.1 Å². The SMILES string of the molecule is COc1ncc(Br)cc1S(=O)(=O)Nc1ccnc(-c2ccc(CNCCNC(C)C)cc2F)c1. The van der Waals surface area contributed by atoms with Crippen LogP contribution in [0.4, 0.5) is 10.1 Å². The Morgan fingerprint density at radius 1 is 1.12 bits per heavy atom. The van der Waals surface area contributed by atoms with E-state index in [2.05, 4.69) is 55.1 Å². The Morgan fingerprint density at radius 3 is 2.62 bits per heavy atom. The maximum Gasteiger partial charge on any atom is 0.267 e. The molecule has 3 aromatic rings. The molecule has 0 aliphatic rings. The van der Waals surface area contributed by atoms with Crippen LogP contribution in [-0.2, 0) is 16.6 Å². The van der Waals surface area contributed by atoms with Gasteiger partial charge in [0.15, 0.2) is 4.90 Å². The average Bonchev–Trinajstić information content (AvgIpc) is 2.78. The van der Waals surface area contributed by atoms with E-state index in [1.54, 1.807) is 6.07 Å². The highest BCUT2D eigenvalue weighted by atomic mass is 79.9. The van der Waals surface area contributed by atoms with Gasteiger partial charge in [-0.15, -0.1) is 0 Å². The minimum Gasteiger partial charge on any atom is -0.480 e. The number of nitrogens with one attached hydrogen (secondary N) is 3.